The Labute approximate surface area is 173 Å². The minimum atomic E-state index is -4.29. The number of nitriles is 2. The number of aromatic nitrogens is 2. The molecule has 10 heteroatoms. The van der Waals surface area contributed by atoms with Crippen molar-refractivity contribution in [3.05, 3.63) is 74.6 Å². The third-order valence-electron chi connectivity index (χ3n) is 4.77. The van der Waals surface area contributed by atoms with E-state index < -0.39 is 34.8 Å². The molecule has 0 radical (unpaired) electrons. The molecule has 2 N–H and O–H groups in total. The Morgan fingerprint density at radius 3 is 2.61 bits per heavy atom. The van der Waals surface area contributed by atoms with Crippen LogP contribution in [0.2, 0.25) is 0 Å². The van der Waals surface area contributed by atoms with Crippen molar-refractivity contribution in [3.8, 4) is 12.1 Å². The maximum Gasteiger partial charge on any atom is 0.355 e. The van der Waals surface area contributed by atoms with E-state index >= 15 is 8.78 Å². The van der Waals surface area contributed by atoms with Crippen molar-refractivity contribution in [2.45, 2.75) is 25.8 Å². The summed E-state index contributed by atoms with van der Waals surface area (Å²) in [4.78, 5) is 30.7. The minimum Gasteiger partial charge on any atom is -0.342 e. The van der Waals surface area contributed by atoms with Gasteiger partial charge in [-0.3, -0.25) is 14.6 Å². The fourth-order valence-electron chi connectivity index (χ4n) is 3.31. The SMILES string of the molecule is Cc1c(C(F)(F)C(=O)N[C@H](C)c2ncc(C#N)cc2F)c(=O)[nH]c2cccc(C#N)c12. The highest BCUT2D eigenvalue weighted by atomic mass is 19.3. The number of hydrogen-bond acceptors (Lipinski definition) is 5. The Morgan fingerprint density at radius 2 is 2.00 bits per heavy atom. The summed E-state index contributed by atoms with van der Waals surface area (Å²) in [6.07, 6.45) is 1.04. The first-order chi connectivity index (χ1) is 14.6. The predicted molar refractivity (Wildman–Crippen MR) is 103 cm³/mol. The van der Waals surface area contributed by atoms with Gasteiger partial charge in [0.2, 0.25) is 0 Å². The number of nitrogens with one attached hydrogen (secondary N) is 2. The number of alkyl halides is 2. The number of amides is 1. The number of aromatic amines is 1. The van der Waals surface area contributed by atoms with Crippen molar-refractivity contribution >= 4 is 16.8 Å². The van der Waals surface area contributed by atoms with Gasteiger partial charge in [-0.2, -0.15) is 19.3 Å². The van der Waals surface area contributed by atoms with E-state index in [1.54, 1.807) is 6.07 Å². The van der Waals surface area contributed by atoms with Crippen molar-refractivity contribution < 1.29 is 18.0 Å². The van der Waals surface area contributed by atoms with Gasteiger partial charge in [0.1, 0.15) is 11.9 Å². The van der Waals surface area contributed by atoms with Crippen LogP contribution in [-0.4, -0.2) is 15.9 Å². The van der Waals surface area contributed by atoms with Crippen LogP contribution in [0.5, 0.6) is 0 Å². The number of nitrogens with zero attached hydrogens (tertiary/aromatic N) is 3. The van der Waals surface area contributed by atoms with Crippen LogP contribution in [0.15, 0.2) is 35.3 Å². The lowest BCUT2D eigenvalue weighted by atomic mass is 9.96. The van der Waals surface area contributed by atoms with Gasteiger partial charge in [-0.15, -0.1) is 0 Å². The number of halogens is 3. The molecule has 2 heterocycles. The van der Waals surface area contributed by atoms with E-state index in [-0.39, 0.29) is 33.3 Å². The molecule has 1 amide bonds. The first-order valence-corrected chi connectivity index (χ1v) is 8.92. The zero-order chi connectivity index (χ0) is 22.9. The van der Waals surface area contributed by atoms with Crippen LogP contribution in [0.25, 0.3) is 10.9 Å². The molecule has 2 aromatic heterocycles. The maximum absolute atomic E-state index is 15.1. The number of carbonyl (C=O) groups excluding carboxylic acids is 1. The van der Waals surface area contributed by atoms with Gasteiger partial charge in [0.15, 0.2) is 0 Å². The molecule has 1 aromatic carbocycles. The number of carbonyl (C=O) groups is 1. The number of hydrogen-bond donors (Lipinski definition) is 2. The van der Waals surface area contributed by atoms with Crippen LogP contribution >= 0.6 is 0 Å². The number of H-pyrrole nitrogens is 1. The molecule has 31 heavy (non-hydrogen) atoms. The van der Waals surface area contributed by atoms with Gasteiger partial charge < -0.3 is 10.3 Å². The molecular weight excluding hydrogens is 411 g/mol. The van der Waals surface area contributed by atoms with Crippen molar-refractivity contribution in [1.29, 1.82) is 10.5 Å². The second-order valence-electron chi connectivity index (χ2n) is 6.77. The molecule has 156 valence electrons. The molecule has 0 fully saturated rings. The van der Waals surface area contributed by atoms with E-state index in [4.69, 9.17) is 5.26 Å². The number of pyridine rings is 2. The van der Waals surface area contributed by atoms with Gasteiger partial charge in [0, 0.05) is 17.1 Å². The molecule has 7 nitrogen and oxygen atoms in total. The standard InChI is InChI=1S/C21H14F3N5O2/c1-10-16-13(8-26)4-3-5-15(16)29-19(30)17(10)21(23,24)20(31)28-11(2)18-14(22)6-12(7-25)9-27-18/h3-6,9,11H,1-2H3,(H,28,31)(H,29,30)/t11-/m1/s1. The van der Waals surface area contributed by atoms with E-state index in [0.717, 1.165) is 12.3 Å². The summed E-state index contributed by atoms with van der Waals surface area (Å²) in [6.45, 7) is 2.46. The van der Waals surface area contributed by atoms with E-state index in [9.17, 15) is 19.2 Å². The monoisotopic (exact) mass is 425 g/mol. The van der Waals surface area contributed by atoms with Gasteiger partial charge in [-0.05, 0) is 37.6 Å². The highest BCUT2D eigenvalue weighted by molar-refractivity contribution is 5.92. The maximum atomic E-state index is 15.1. The fraction of sp³-hybridized carbons (Fsp3) is 0.190. The second-order valence-corrected chi connectivity index (χ2v) is 6.77. The number of aryl methyl sites for hydroxylation is 1. The molecule has 0 saturated carbocycles. The molecule has 0 bridgehead atoms. The molecule has 0 aliphatic carbocycles. The van der Waals surface area contributed by atoms with Crippen molar-refractivity contribution in [2.75, 3.05) is 0 Å². The van der Waals surface area contributed by atoms with Crippen LogP contribution in [0.3, 0.4) is 0 Å². The summed E-state index contributed by atoms with van der Waals surface area (Å²) >= 11 is 0. The Balaban J connectivity index is 2.02. The molecular formula is C21H14F3N5O2. The molecule has 1 atom stereocenters. The number of fused-ring (bicyclic) bond motifs is 1. The predicted octanol–water partition coefficient (Wildman–Crippen LogP) is 3.08. The number of benzene rings is 1. The lowest BCUT2D eigenvalue weighted by molar-refractivity contribution is -0.148. The molecule has 3 aromatic rings. The topological polar surface area (TPSA) is 122 Å². The highest BCUT2D eigenvalue weighted by Gasteiger charge is 2.45. The normalized spacial score (nSPS) is 12.1. The second kappa shape index (κ2) is 7.92. The Morgan fingerprint density at radius 1 is 1.29 bits per heavy atom. The molecule has 0 saturated heterocycles. The molecule has 0 unspecified atom stereocenters. The lowest BCUT2D eigenvalue weighted by Gasteiger charge is -2.21. The van der Waals surface area contributed by atoms with Crippen molar-refractivity contribution in [1.82, 2.24) is 15.3 Å². The molecule has 0 spiro atoms. The zero-order valence-electron chi connectivity index (χ0n) is 16.3. The summed E-state index contributed by atoms with van der Waals surface area (Å²) in [7, 11) is 0. The average Bonchev–Trinajstić information content (AvgIpc) is 2.72. The van der Waals surface area contributed by atoms with E-state index in [1.165, 1.54) is 32.0 Å². The van der Waals surface area contributed by atoms with Gasteiger partial charge in [-0.1, -0.05) is 6.07 Å². The Kier molecular flexibility index (Phi) is 5.50. The largest absolute Gasteiger partial charge is 0.355 e. The quantitative estimate of drug-likeness (QED) is 0.665. The van der Waals surface area contributed by atoms with Crippen LogP contribution < -0.4 is 10.9 Å². The van der Waals surface area contributed by atoms with Crippen LogP contribution in [0.1, 0.15) is 40.9 Å². The minimum absolute atomic E-state index is 0.0564. The Bertz CT molecular complexity index is 1350. The zero-order valence-corrected chi connectivity index (χ0v) is 16.3. The van der Waals surface area contributed by atoms with Gasteiger partial charge in [0.25, 0.3) is 11.5 Å². The molecule has 0 aliphatic heterocycles. The third kappa shape index (κ3) is 3.71. The highest BCUT2D eigenvalue weighted by Crippen LogP contribution is 2.33. The van der Waals surface area contributed by atoms with Crippen LogP contribution in [0, 0.1) is 35.4 Å². The first-order valence-electron chi connectivity index (χ1n) is 8.92. The third-order valence-corrected chi connectivity index (χ3v) is 4.77. The van der Waals surface area contributed by atoms with Crippen LogP contribution in [0.4, 0.5) is 13.2 Å². The van der Waals surface area contributed by atoms with Crippen molar-refractivity contribution in [2.24, 2.45) is 0 Å². The Hall–Kier alpha value is -4.18. The number of rotatable bonds is 4. The van der Waals surface area contributed by atoms with Gasteiger partial charge in [-0.25, -0.2) is 4.39 Å². The smallest absolute Gasteiger partial charge is 0.342 e. The first kappa shape index (κ1) is 21.5. The summed E-state index contributed by atoms with van der Waals surface area (Å²) in [5.41, 5.74) is -2.70. The summed E-state index contributed by atoms with van der Waals surface area (Å²) in [5.74, 6) is -7.08. The average molecular weight is 425 g/mol. The summed E-state index contributed by atoms with van der Waals surface area (Å²) < 4.78 is 44.2. The van der Waals surface area contributed by atoms with E-state index in [1.807, 2.05) is 11.4 Å². The van der Waals surface area contributed by atoms with Crippen molar-refractivity contribution in [3.63, 3.8) is 0 Å². The van der Waals surface area contributed by atoms with E-state index in [0.29, 0.717) is 0 Å². The fourth-order valence-corrected chi connectivity index (χ4v) is 3.31. The summed E-state index contributed by atoms with van der Waals surface area (Å²) in [6, 6.07) is 7.48. The summed E-state index contributed by atoms with van der Waals surface area (Å²) in [5, 5.41) is 20.1. The molecule has 0 aliphatic rings. The van der Waals surface area contributed by atoms with Gasteiger partial charge in [0.05, 0.1) is 34.5 Å². The van der Waals surface area contributed by atoms with Crippen LogP contribution in [-0.2, 0) is 10.7 Å². The van der Waals surface area contributed by atoms with Gasteiger partial charge >= 0.3 is 5.92 Å². The lowest BCUT2D eigenvalue weighted by Crippen LogP contribution is -2.43. The molecule has 3 rings (SSSR count). The van der Waals surface area contributed by atoms with E-state index in [2.05, 4.69) is 9.97 Å².